The summed E-state index contributed by atoms with van der Waals surface area (Å²) in [6.07, 6.45) is 4.32. The number of nitrogens with zero attached hydrogens (tertiary/aromatic N) is 3. The van der Waals surface area contributed by atoms with Crippen molar-refractivity contribution in [2.75, 3.05) is 38.7 Å². The molecule has 0 spiro atoms. The lowest BCUT2D eigenvalue weighted by Crippen LogP contribution is -2.43. The van der Waals surface area contributed by atoms with Gasteiger partial charge in [-0.3, -0.25) is 19.5 Å². The van der Waals surface area contributed by atoms with Crippen molar-refractivity contribution in [1.29, 1.82) is 0 Å². The van der Waals surface area contributed by atoms with E-state index in [4.69, 9.17) is 22.1 Å². The molecule has 41 heavy (non-hydrogen) atoms. The number of rotatable bonds is 13. The van der Waals surface area contributed by atoms with Crippen LogP contribution in [0.2, 0.25) is 5.02 Å². The lowest BCUT2D eigenvalue weighted by atomic mass is 9.88. The predicted octanol–water partition coefficient (Wildman–Crippen LogP) is 5.24. The van der Waals surface area contributed by atoms with Crippen LogP contribution in [0.1, 0.15) is 67.9 Å². The molecule has 1 aliphatic carbocycles. The fourth-order valence-corrected chi connectivity index (χ4v) is 6.14. The number of carbonyl (C=O) groups is 2. The summed E-state index contributed by atoms with van der Waals surface area (Å²) in [5, 5.41) is 3.40. The first-order chi connectivity index (χ1) is 19.6. The number of nitrogens with one attached hydrogen (secondary N) is 1. The Morgan fingerprint density at radius 1 is 1.15 bits per heavy atom. The maximum absolute atomic E-state index is 13.3. The number of aliphatic imine (C=N–C) groups is 1. The third kappa shape index (κ3) is 8.46. The molecule has 1 atom stereocenters. The Hall–Kier alpha value is -3.10. The van der Waals surface area contributed by atoms with Crippen molar-refractivity contribution < 1.29 is 14.3 Å². The number of benzene rings is 2. The Labute approximate surface area is 250 Å². The highest BCUT2D eigenvalue weighted by molar-refractivity contribution is 6.31. The van der Waals surface area contributed by atoms with Gasteiger partial charge in [0.05, 0.1) is 13.0 Å². The monoisotopic (exact) mass is 583 g/mol. The smallest absolute Gasteiger partial charge is 0.251 e. The van der Waals surface area contributed by atoms with Crippen molar-refractivity contribution in [3.05, 3.63) is 58.1 Å². The van der Waals surface area contributed by atoms with E-state index in [0.717, 1.165) is 55.8 Å². The molecule has 0 aromatic heterocycles. The van der Waals surface area contributed by atoms with Crippen LogP contribution >= 0.6 is 11.6 Å². The standard InChI is InChI=1S/C32H46ClN5O3/c1-7-35-22(4)29(31(34)39)19-36-32(40)28-17-24(33)18-30(21(28)3)38(8-2)26-14-12-25(13-15-26)37(5)20-23-10-9-11-27(16-23)41-6/h9-11,16-18,25-26,29H,7-8,12-15,19-20H2,1-6H3,(H2,34,39)(H,36,40). The van der Waals surface area contributed by atoms with E-state index >= 15 is 0 Å². The lowest BCUT2D eigenvalue weighted by molar-refractivity contribution is -0.119. The van der Waals surface area contributed by atoms with Crippen LogP contribution < -0.4 is 20.7 Å². The molecule has 1 aliphatic rings. The van der Waals surface area contributed by atoms with Gasteiger partial charge >= 0.3 is 0 Å². The quantitative estimate of drug-likeness (QED) is 0.314. The molecular formula is C32H46ClN5O3. The van der Waals surface area contributed by atoms with Crippen molar-refractivity contribution in [3.63, 3.8) is 0 Å². The van der Waals surface area contributed by atoms with E-state index in [9.17, 15) is 9.59 Å². The van der Waals surface area contributed by atoms with Crippen LogP contribution in [-0.4, -0.2) is 68.3 Å². The van der Waals surface area contributed by atoms with E-state index in [1.54, 1.807) is 20.1 Å². The Morgan fingerprint density at radius 2 is 1.83 bits per heavy atom. The van der Waals surface area contributed by atoms with Gasteiger partial charge in [-0.2, -0.15) is 0 Å². The SMILES string of the molecule is CCN=C(C)C(CNC(=O)c1cc(Cl)cc(N(CC)C2CCC(N(C)Cc3cccc(OC)c3)CC2)c1C)C(N)=O. The van der Waals surface area contributed by atoms with Gasteiger partial charge in [-0.15, -0.1) is 0 Å². The third-order valence-electron chi connectivity index (χ3n) is 8.26. The van der Waals surface area contributed by atoms with Crippen LogP contribution in [-0.2, 0) is 11.3 Å². The zero-order chi connectivity index (χ0) is 30.1. The summed E-state index contributed by atoms with van der Waals surface area (Å²) in [6.45, 7) is 10.1. The topological polar surface area (TPSA) is 100 Å². The molecule has 0 aliphatic heterocycles. The number of halogens is 1. The Bertz CT molecular complexity index is 1230. The average Bonchev–Trinajstić information content (AvgIpc) is 2.95. The van der Waals surface area contributed by atoms with Crippen molar-refractivity contribution in [2.24, 2.45) is 16.6 Å². The molecule has 1 saturated carbocycles. The van der Waals surface area contributed by atoms with E-state index in [0.29, 0.717) is 34.9 Å². The van der Waals surface area contributed by atoms with Crippen LogP contribution in [0.3, 0.4) is 0 Å². The molecule has 2 amide bonds. The maximum atomic E-state index is 13.3. The predicted molar refractivity (Wildman–Crippen MR) is 168 cm³/mol. The fourth-order valence-electron chi connectivity index (χ4n) is 5.93. The molecule has 0 heterocycles. The molecule has 3 rings (SSSR count). The van der Waals surface area contributed by atoms with Gasteiger partial charge in [0.15, 0.2) is 0 Å². The molecule has 1 unspecified atom stereocenters. The van der Waals surface area contributed by atoms with Gasteiger partial charge in [0, 0.05) is 60.2 Å². The van der Waals surface area contributed by atoms with Crippen molar-refractivity contribution in [1.82, 2.24) is 10.2 Å². The molecule has 3 N–H and O–H groups in total. The molecule has 0 saturated heterocycles. The van der Waals surface area contributed by atoms with Crippen LogP contribution in [0.25, 0.3) is 0 Å². The number of primary amides is 1. The minimum Gasteiger partial charge on any atom is -0.497 e. The van der Waals surface area contributed by atoms with Crippen LogP contribution in [0, 0.1) is 12.8 Å². The number of hydrogen-bond acceptors (Lipinski definition) is 6. The molecule has 8 nitrogen and oxygen atoms in total. The highest BCUT2D eigenvalue weighted by Gasteiger charge is 2.29. The number of carbonyl (C=O) groups excluding carboxylic acids is 2. The number of anilines is 1. The van der Waals surface area contributed by atoms with Crippen LogP contribution in [0.5, 0.6) is 5.75 Å². The highest BCUT2D eigenvalue weighted by atomic mass is 35.5. The lowest BCUT2D eigenvalue weighted by Gasteiger charge is -2.41. The first-order valence-corrected chi connectivity index (χ1v) is 15.0. The largest absolute Gasteiger partial charge is 0.497 e. The molecule has 1 fully saturated rings. The summed E-state index contributed by atoms with van der Waals surface area (Å²) in [5.41, 5.74) is 9.81. The zero-order valence-corrected chi connectivity index (χ0v) is 26.1. The van der Waals surface area contributed by atoms with Crippen LogP contribution in [0.15, 0.2) is 41.4 Å². The van der Waals surface area contributed by atoms with Gasteiger partial charge in [0.25, 0.3) is 5.91 Å². The second-order valence-corrected chi connectivity index (χ2v) is 11.3. The minimum atomic E-state index is -0.651. The normalized spacial score (nSPS) is 18.2. The molecule has 9 heteroatoms. The Kier molecular flexibility index (Phi) is 12.0. The van der Waals surface area contributed by atoms with Crippen LogP contribution in [0.4, 0.5) is 5.69 Å². The summed E-state index contributed by atoms with van der Waals surface area (Å²) >= 11 is 6.56. The van der Waals surface area contributed by atoms with E-state index in [1.165, 1.54) is 5.56 Å². The highest BCUT2D eigenvalue weighted by Crippen LogP contribution is 2.34. The maximum Gasteiger partial charge on any atom is 0.251 e. The summed E-state index contributed by atoms with van der Waals surface area (Å²) < 4.78 is 5.39. The van der Waals surface area contributed by atoms with E-state index in [-0.39, 0.29) is 12.5 Å². The fraction of sp³-hybridized carbons (Fsp3) is 0.531. The van der Waals surface area contributed by atoms with Gasteiger partial charge in [0.1, 0.15) is 5.75 Å². The summed E-state index contributed by atoms with van der Waals surface area (Å²) in [6, 6.07) is 12.8. The molecular weight excluding hydrogens is 538 g/mol. The molecule has 224 valence electrons. The van der Waals surface area contributed by atoms with Gasteiger partial charge < -0.3 is 20.7 Å². The van der Waals surface area contributed by atoms with E-state index < -0.39 is 11.8 Å². The van der Waals surface area contributed by atoms with Crippen molar-refractivity contribution in [3.8, 4) is 5.75 Å². The Morgan fingerprint density at radius 3 is 2.44 bits per heavy atom. The van der Waals surface area contributed by atoms with Gasteiger partial charge in [0.2, 0.25) is 5.91 Å². The minimum absolute atomic E-state index is 0.0928. The first-order valence-electron chi connectivity index (χ1n) is 14.6. The zero-order valence-electron chi connectivity index (χ0n) is 25.4. The van der Waals surface area contributed by atoms with Gasteiger partial charge in [-0.1, -0.05) is 23.7 Å². The number of nitrogens with two attached hydrogens (primary N) is 1. The number of hydrogen-bond donors (Lipinski definition) is 2. The summed E-state index contributed by atoms with van der Waals surface area (Å²) in [4.78, 5) is 34.4. The number of amides is 2. The second-order valence-electron chi connectivity index (χ2n) is 10.9. The Balaban J connectivity index is 1.69. The molecule has 2 aromatic rings. The first kappa shape index (κ1) is 32.4. The van der Waals surface area contributed by atoms with E-state index in [1.807, 2.05) is 32.0 Å². The van der Waals surface area contributed by atoms with E-state index in [2.05, 4.69) is 46.2 Å². The third-order valence-corrected chi connectivity index (χ3v) is 8.48. The van der Waals surface area contributed by atoms with Gasteiger partial charge in [-0.05, 0) is 95.8 Å². The van der Waals surface area contributed by atoms with Crippen molar-refractivity contribution >= 4 is 34.8 Å². The molecule has 0 bridgehead atoms. The average molecular weight is 584 g/mol. The summed E-state index contributed by atoms with van der Waals surface area (Å²) in [5.74, 6) is -0.551. The van der Waals surface area contributed by atoms with Crippen molar-refractivity contribution in [2.45, 2.75) is 72.0 Å². The number of methoxy groups -OCH3 is 1. The molecule has 0 radical (unpaired) electrons. The summed E-state index contributed by atoms with van der Waals surface area (Å²) in [7, 11) is 3.90. The number of ether oxygens (including phenoxy) is 1. The second kappa shape index (κ2) is 15.2. The molecule has 2 aromatic carbocycles. The van der Waals surface area contributed by atoms with Gasteiger partial charge in [-0.25, -0.2) is 0 Å².